The van der Waals surface area contributed by atoms with Crippen molar-refractivity contribution in [1.82, 2.24) is 20.0 Å². The summed E-state index contributed by atoms with van der Waals surface area (Å²) < 4.78 is 45.9. The van der Waals surface area contributed by atoms with Gasteiger partial charge in [0.25, 0.3) is 0 Å². The number of benzene rings is 1. The predicted octanol–water partition coefficient (Wildman–Crippen LogP) is 6.11. The first-order valence-corrected chi connectivity index (χ1v) is 17.6. The molecule has 3 saturated heterocycles. The molecule has 0 spiro atoms. The highest BCUT2D eigenvalue weighted by molar-refractivity contribution is 6.66. The number of hydrogen-bond acceptors (Lipinski definition) is 8. The standard InChI is InChI=1S/C34H49BClFN4O7/c1-32(2,3)46-31(43)40-18-21(16-37)25(19-40)39-30(42)45-13-11-20-14-22(20)28-24(36)15-26-23(17-38-41(26)27-10-8-9-12-44-27)29(28)35-47-33(4,5)34(6,7)48-35/h15,17,20-22,25,27H,8-14,16,18-19H2,1-7H3,(H,39,42)/t20?,21-,22?,25+,27?/m1/s1. The van der Waals surface area contributed by atoms with E-state index in [1.165, 1.54) is 4.90 Å². The molecule has 2 amide bonds. The number of likely N-dealkylation sites (tertiary alicyclic amines) is 1. The summed E-state index contributed by atoms with van der Waals surface area (Å²) in [7, 11) is -0.630. The Balaban J connectivity index is 1.13. The van der Waals surface area contributed by atoms with Crippen molar-refractivity contribution in [2.45, 2.75) is 116 Å². The molecule has 4 fully saturated rings. The van der Waals surface area contributed by atoms with Gasteiger partial charge in [0.2, 0.25) is 0 Å². The molecule has 1 N–H and O–H groups in total. The van der Waals surface area contributed by atoms with Crippen molar-refractivity contribution in [3.05, 3.63) is 22.8 Å². The van der Waals surface area contributed by atoms with Crippen LogP contribution in [0, 0.1) is 11.8 Å². The first-order chi connectivity index (χ1) is 22.6. The molecule has 14 heteroatoms. The van der Waals surface area contributed by atoms with Crippen LogP contribution in [-0.2, 0) is 23.5 Å². The minimum absolute atomic E-state index is 0.130. The summed E-state index contributed by atoms with van der Waals surface area (Å²) in [5.41, 5.74) is 1.03. The normalized spacial score (nSPS) is 28.1. The van der Waals surface area contributed by atoms with Gasteiger partial charge >= 0.3 is 19.3 Å². The summed E-state index contributed by atoms with van der Waals surface area (Å²) >= 11 is 7.12. The lowest BCUT2D eigenvalue weighted by Crippen LogP contribution is -2.42. The highest BCUT2D eigenvalue weighted by atomic mass is 35.5. The van der Waals surface area contributed by atoms with Gasteiger partial charge in [0.15, 0.2) is 6.23 Å². The van der Waals surface area contributed by atoms with Crippen molar-refractivity contribution in [1.29, 1.82) is 0 Å². The number of fused-ring (bicyclic) bond motifs is 1. The minimum atomic E-state index is -0.670. The van der Waals surface area contributed by atoms with E-state index in [0.29, 0.717) is 18.1 Å². The van der Waals surface area contributed by atoms with Gasteiger partial charge in [-0.2, -0.15) is 5.10 Å². The summed E-state index contributed by atoms with van der Waals surface area (Å²) in [6.45, 7) is 14.0. The van der Waals surface area contributed by atoms with Crippen molar-refractivity contribution in [2.75, 3.05) is 33.0 Å². The molecule has 0 radical (unpaired) electrons. The van der Waals surface area contributed by atoms with Crippen LogP contribution in [0.4, 0.5) is 14.0 Å². The van der Waals surface area contributed by atoms with E-state index in [4.69, 9.17) is 40.2 Å². The van der Waals surface area contributed by atoms with E-state index in [9.17, 15) is 14.0 Å². The quantitative estimate of drug-likeness (QED) is 0.330. The number of alkyl halides is 1. The minimum Gasteiger partial charge on any atom is -0.450 e. The van der Waals surface area contributed by atoms with Gasteiger partial charge in [-0.1, -0.05) is 11.6 Å². The van der Waals surface area contributed by atoms with Crippen LogP contribution in [-0.4, -0.2) is 89.8 Å². The Kier molecular flexibility index (Phi) is 9.73. The Morgan fingerprint density at radius 1 is 1.15 bits per heavy atom. The van der Waals surface area contributed by atoms with Crippen molar-refractivity contribution in [2.24, 2.45) is 11.8 Å². The largest absolute Gasteiger partial charge is 0.495 e. The van der Waals surface area contributed by atoms with Gasteiger partial charge in [0, 0.05) is 36.0 Å². The van der Waals surface area contributed by atoms with Crippen molar-refractivity contribution >= 4 is 47.3 Å². The zero-order valence-corrected chi connectivity index (χ0v) is 29.9. The van der Waals surface area contributed by atoms with Gasteiger partial charge in [-0.15, -0.1) is 0 Å². The molecule has 48 heavy (non-hydrogen) atoms. The summed E-state index contributed by atoms with van der Waals surface area (Å²) in [6, 6.07) is 1.42. The smallest absolute Gasteiger partial charge is 0.450 e. The maximum atomic E-state index is 13.8. The second kappa shape index (κ2) is 13.3. The van der Waals surface area contributed by atoms with E-state index in [1.54, 1.807) is 20.8 Å². The van der Waals surface area contributed by atoms with E-state index in [1.807, 2.05) is 44.6 Å². The highest BCUT2D eigenvalue weighted by Crippen LogP contribution is 2.52. The monoisotopic (exact) mass is 690 g/mol. The molecular formula is C34H49BClFN4O7. The number of carbonyl (C=O) groups excluding carboxylic acids is 2. The molecule has 2 aromatic rings. The van der Waals surface area contributed by atoms with E-state index in [0.717, 1.165) is 47.6 Å². The maximum absolute atomic E-state index is 13.8. The van der Waals surface area contributed by atoms with Crippen molar-refractivity contribution in [3.8, 4) is 0 Å². The topological polar surface area (TPSA) is 113 Å². The number of hydrogen-bond donors (Lipinski definition) is 1. The lowest BCUT2D eigenvalue weighted by molar-refractivity contribution is -0.0366. The van der Waals surface area contributed by atoms with Crippen LogP contribution in [0.1, 0.15) is 98.3 Å². The summed E-state index contributed by atoms with van der Waals surface area (Å²) in [5.74, 6) is -0.166. The molecule has 1 aromatic carbocycles. The number of carbonyl (C=O) groups is 2. The lowest BCUT2D eigenvalue weighted by Gasteiger charge is -2.32. The Morgan fingerprint density at radius 3 is 2.52 bits per heavy atom. The molecule has 1 saturated carbocycles. The third-order valence-electron chi connectivity index (χ3n) is 10.5. The number of halogens is 2. The van der Waals surface area contributed by atoms with Crippen molar-refractivity contribution < 1.29 is 37.5 Å². The first-order valence-electron chi connectivity index (χ1n) is 17.2. The Labute approximate surface area is 287 Å². The zero-order chi connectivity index (χ0) is 34.6. The van der Waals surface area contributed by atoms with Crippen LogP contribution in [0.3, 0.4) is 0 Å². The number of ether oxygens (including phenoxy) is 3. The summed E-state index contributed by atoms with van der Waals surface area (Å²) in [6.07, 6.45) is 5.08. The number of nitrogens with zero attached hydrogens (tertiary/aromatic N) is 3. The Hall–Kier alpha value is -2.61. The molecule has 11 nitrogen and oxygen atoms in total. The number of nitrogens with one attached hydrogen (secondary N) is 1. The molecule has 264 valence electrons. The van der Waals surface area contributed by atoms with Crippen LogP contribution in [0.15, 0.2) is 12.3 Å². The van der Waals surface area contributed by atoms with Gasteiger partial charge in [0.1, 0.15) is 5.60 Å². The van der Waals surface area contributed by atoms with Gasteiger partial charge in [-0.3, -0.25) is 4.39 Å². The van der Waals surface area contributed by atoms with Crippen molar-refractivity contribution in [3.63, 3.8) is 0 Å². The Bertz CT molecular complexity index is 1510. The average molecular weight is 691 g/mol. The molecular weight excluding hydrogens is 642 g/mol. The fraction of sp³-hybridized carbons (Fsp3) is 0.735. The van der Waals surface area contributed by atoms with Crippen LogP contribution >= 0.6 is 11.6 Å². The van der Waals surface area contributed by atoms with E-state index >= 15 is 0 Å². The lowest BCUT2D eigenvalue weighted by atomic mass is 9.72. The van der Waals surface area contributed by atoms with Gasteiger partial charge in [0.05, 0.1) is 42.2 Å². The van der Waals surface area contributed by atoms with Crippen LogP contribution in [0.25, 0.3) is 10.9 Å². The SMILES string of the molecule is CC(C)(C)OC(=O)N1C[C@@H](CF)[C@@H](NC(=O)OCCC2CC2c2c(Cl)cc3c(cnn3C3CCCCO3)c2B2OC(C)(C)C(C)(C)O2)C1. The van der Waals surface area contributed by atoms with Gasteiger partial charge in [-0.05, 0) is 109 Å². The van der Waals surface area contributed by atoms with Crippen LogP contribution < -0.4 is 10.8 Å². The van der Waals surface area contributed by atoms with E-state index in [2.05, 4.69) is 5.32 Å². The van der Waals surface area contributed by atoms with Crippen LogP contribution in [0.2, 0.25) is 5.02 Å². The molecule has 5 atom stereocenters. The number of rotatable bonds is 8. The molecule has 3 aliphatic heterocycles. The number of amides is 2. The molecule has 6 rings (SSSR count). The molecule has 1 aromatic heterocycles. The molecule has 4 heterocycles. The second-order valence-corrected chi connectivity index (χ2v) is 16.1. The third kappa shape index (κ3) is 7.16. The van der Waals surface area contributed by atoms with E-state index < -0.39 is 54.7 Å². The predicted molar refractivity (Wildman–Crippen MR) is 180 cm³/mol. The molecule has 1 aliphatic carbocycles. The molecule has 3 unspecified atom stereocenters. The highest BCUT2D eigenvalue weighted by Gasteiger charge is 2.54. The fourth-order valence-electron chi connectivity index (χ4n) is 7.02. The maximum Gasteiger partial charge on any atom is 0.495 e. The number of alkyl carbamates (subject to hydrolysis) is 1. The zero-order valence-electron chi connectivity index (χ0n) is 29.1. The molecule has 0 bridgehead atoms. The van der Waals surface area contributed by atoms with E-state index in [-0.39, 0.29) is 37.8 Å². The first kappa shape index (κ1) is 35.2. The van der Waals surface area contributed by atoms with Gasteiger partial charge < -0.3 is 33.7 Å². The second-order valence-electron chi connectivity index (χ2n) is 15.7. The third-order valence-corrected chi connectivity index (χ3v) is 10.8. The summed E-state index contributed by atoms with van der Waals surface area (Å²) in [4.78, 5) is 26.7. The summed E-state index contributed by atoms with van der Waals surface area (Å²) in [5, 5.41) is 9.08. The Morgan fingerprint density at radius 2 is 1.88 bits per heavy atom. The fourth-order valence-corrected chi connectivity index (χ4v) is 7.36. The van der Waals surface area contributed by atoms with Gasteiger partial charge in [-0.25, -0.2) is 14.3 Å². The number of aromatic nitrogens is 2. The molecule has 4 aliphatic rings. The van der Waals surface area contributed by atoms with Crippen LogP contribution in [0.5, 0.6) is 0 Å². The average Bonchev–Trinajstić information content (AvgIpc) is 3.32.